The summed E-state index contributed by atoms with van der Waals surface area (Å²) in [5.41, 5.74) is 0.396. The summed E-state index contributed by atoms with van der Waals surface area (Å²) in [5.74, 6) is -0.415. The summed E-state index contributed by atoms with van der Waals surface area (Å²) in [7, 11) is -4.01. The predicted molar refractivity (Wildman–Crippen MR) is 72.7 cm³/mol. The molecule has 6 heteroatoms. The van der Waals surface area contributed by atoms with E-state index in [9.17, 15) is 13.2 Å². The molecule has 0 amide bonds. The van der Waals surface area contributed by atoms with Crippen LogP contribution in [0, 0.1) is 0 Å². The Morgan fingerprint density at radius 1 is 1.05 bits per heavy atom. The lowest BCUT2D eigenvalue weighted by Crippen LogP contribution is -2.17. The molecule has 0 saturated carbocycles. The number of nitrogens with two attached hydrogens (primary N) is 1. The number of ketones is 1. The van der Waals surface area contributed by atoms with E-state index in [1.165, 1.54) is 18.2 Å². The fourth-order valence-corrected chi connectivity index (χ4v) is 2.66. The maximum absolute atomic E-state index is 12.3. The Kier molecular flexibility index (Phi) is 3.71. The Bertz CT molecular complexity index is 727. The normalized spacial score (nSPS) is 11.3. The number of carbonyl (C=O) groups excluding carboxylic acids is 1. The topological polar surface area (TPSA) is 77.2 Å². The standard InChI is InChI=1S/C13H10ClNO3S/c14-10-6-7-11(12(8-10)19(15,17)18)13(16)9-4-2-1-3-5-9/h1-8H,(H2,15,17,18). The van der Waals surface area contributed by atoms with Gasteiger partial charge < -0.3 is 0 Å². The van der Waals surface area contributed by atoms with E-state index >= 15 is 0 Å². The molecular weight excluding hydrogens is 286 g/mol. The Labute approximate surface area is 115 Å². The molecule has 2 rings (SSSR count). The Hall–Kier alpha value is -1.69. The van der Waals surface area contributed by atoms with Gasteiger partial charge in [0.1, 0.15) is 0 Å². The number of rotatable bonds is 3. The van der Waals surface area contributed by atoms with Gasteiger partial charge in [-0.2, -0.15) is 0 Å². The van der Waals surface area contributed by atoms with E-state index in [0.717, 1.165) is 0 Å². The highest BCUT2D eigenvalue weighted by atomic mass is 35.5. The zero-order chi connectivity index (χ0) is 14.0. The molecule has 0 unspecified atom stereocenters. The summed E-state index contributed by atoms with van der Waals surface area (Å²) >= 11 is 5.74. The van der Waals surface area contributed by atoms with Crippen LogP contribution in [0.1, 0.15) is 15.9 Å². The molecule has 0 spiro atoms. The molecule has 0 aliphatic rings. The molecule has 98 valence electrons. The SMILES string of the molecule is NS(=O)(=O)c1cc(Cl)ccc1C(=O)c1ccccc1. The first kappa shape index (κ1) is 13.7. The molecule has 0 aliphatic heterocycles. The first-order valence-electron chi connectivity index (χ1n) is 5.31. The van der Waals surface area contributed by atoms with E-state index in [0.29, 0.717) is 5.56 Å². The van der Waals surface area contributed by atoms with Crippen LogP contribution >= 0.6 is 11.6 Å². The Morgan fingerprint density at radius 2 is 1.68 bits per heavy atom. The van der Waals surface area contributed by atoms with Crippen LogP contribution < -0.4 is 5.14 Å². The number of carbonyl (C=O) groups is 1. The van der Waals surface area contributed by atoms with Gasteiger partial charge in [-0.3, -0.25) is 4.79 Å². The minimum absolute atomic E-state index is 0.0121. The van der Waals surface area contributed by atoms with Gasteiger partial charge in [0.25, 0.3) is 0 Å². The van der Waals surface area contributed by atoms with Crippen molar-refractivity contribution in [2.45, 2.75) is 4.90 Å². The second-order valence-electron chi connectivity index (χ2n) is 3.88. The van der Waals surface area contributed by atoms with E-state index < -0.39 is 15.8 Å². The van der Waals surface area contributed by atoms with Crippen LogP contribution in [-0.4, -0.2) is 14.2 Å². The highest BCUT2D eigenvalue weighted by molar-refractivity contribution is 7.89. The summed E-state index contributed by atoms with van der Waals surface area (Å²) in [5, 5.41) is 5.31. The zero-order valence-corrected chi connectivity index (χ0v) is 11.3. The monoisotopic (exact) mass is 295 g/mol. The van der Waals surface area contributed by atoms with Crippen molar-refractivity contribution in [2.75, 3.05) is 0 Å². The summed E-state index contributed by atoms with van der Waals surface area (Å²) in [4.78, 5) is 12.0. The fraction of sp³-hybridized carbons (Fsp3) is 0. The molecule has 0 atom stereocenters. The molecule has 0 bridgehead atoms. The van der Waals surface area contributed by atoms with Crippen LogP contribution in [0.4, 0.5) is 0 Å². The Balaban J connectivity index is 2.61. The van der Waals surface area contributed by atoms with E-state index in [4.69, 9.17) is 16.7 Å². The molecule has 0 fully saturated rings. The number of hydrogen-bond acceptors (Lipinski definition) is 3. The molecule has 19 heavy (non-hydrogen) atoms. The lowest BCUT2D eigenvalue weighted by atomic mass is 10.0. The smallest absolute Gasteiger partial charge is 0.238 e. The van der Waals surface area contributed by atoms with Crippen LogP contribution in [-0.2, 0) is 10.0 Å². The van der Waals surface area contributed by atoms with Crippen molar-refractivity contribution in [3.63, 3.8) is 0 Å². The second-order valence-corrected chi connectivity index (χ2v) is 5.85. The highest BCUT2D eigenvalue weighted by Crippen LogP contribution is 2.22. The fourth-order valence-electron chi connectivity index (χ4n) is 1.66. The van der Waals surface area contributed by atoms with Gasteiger partial charge >= 0.3 is 0 Å². The van der Waals surface area contributed by atoms with E-state index in [1.54, 1.807) is 30.3 Å². The minimum Gasteiger partial charge on any atom is -0.289 e. The molecule has 0 heterocycles. The third-order valence-electron chi connectivity index (χ3n) is 2.53. The van der Waals surface area contributed by atoms with Crippen molar-refractivity contribution >= 4 is 27.4 Å². The van der Waals surface area contributed by atoms with Gasteiger partial charge in [0.2, 0.25) is 10.0 Å². The number of primary sulfonamides is 1. The molecule has 0 aromatic heterocycles. The molecular formula is C13H10ClNO3S. The van der Waals surface area contributed by atoms with Crippen LogP contribution in [0.15, 0.2) is 53.4 Å². The largest absolute Gasteiger partial charge is 0.289 e. The van der Waals surface area contributed by atoms with Gasteiger partial charge in [0.05, 0.1) is 4.90 Å². The van der Waals surface area contributed by atoms with Crippen LogP contribution in [0.25, 0.3) is 0 Å². The first-order chi connectivity index (χ1) is 8.89. The van der Waals surface area contributed by atoms with Crippen molar-refractivity contribution < 1.29 is 13.2 Å². The summed E-state index contributed by atoms with van der Waals surface area (Å²) in [6.07, 6.45) is 0. The van der Waals surface area contributed by atoms with Gasteiger partial charge in [-0.1, -0.05) is 41.9 Å². The average molecular weight is 296 g/mol. The molecule has 0 aliphatic carbocycles. The summed E-state index contributed by atoms with van der Waals surface area (Å²) in [6.45, 7) is 0. The molecule has 4 nitrogen and oxygen atoms in total. The lowest BCUT2D eigenvalue weighted by molar-refractivity contribution is 0.103. The maximum atomic E-state index is 12.3. The number of sulfonamides is 1. The van der Waals surface area contributed by atoms with Crippen molar-refractivity contribution in [1.29, 1.82) is 0 Å². The lowest BCUT2D eigenvalue weighted by Gasteiger charge is -2.07. The number of halogens is 1. The molecule has 2 aromatic carbocycles. The van der Waals surface area contributed by atoms with Gasteiger partial charge in [0, 0.05) is 16.1 Å². The van der Waals surface area contributed by atoms with Crippen molar-refractivity contribution in [3.8, 4) is 0 Å². The number of benzene rings is 2. The minimum atomic E-state index is -4.01. The van der Waals surface area contributed by atoms with E-state index in [-0.39, 0.29) is 15.5 Å². The molecule has 0 saturated heterocycles. The van der Waals surface area contributed by atoms with E-state index in [1.807, 2.05) is 0 Å². The van der Waals surface area contributed by atoms with Crippen LogP contribution in [0.5, 0.6) is 0 Å². The van der Waals surface area contributed by atoms with Crippen LogP contribution in [0.2, 0.25) is 5.02 Å². The summed E-state index contributed by atoms with van der Waals surface area (Å²) in [6, 6.07) is 12.3. The van der Waals surface area contributed by atoms with Gasteiger partial charge in [-0.05, 0) is 18.2 Å². The Morgan fingerprint density at radius 3 is 2.26 bits per heavy atom. The molecule has 2 aromatic rings. The van der Waals surface area contributed by atoms with Crippen LogP contribution in [0.3, 0.4) is 0 Å². The van der Waals surface area contributed by atoms with Crippen molar-refractivity contribution in [2.24, 2.45) is 5.14 Å². The van der Waals surface area contributed by atoms with Crippen molar-refractivity contribution in [1.82, 2.24) is 0 Å². The van der Waals surface area contributed by atoms with Gasteiger partial charge in [0.15, 0.2) is 5.78 Å². The quantitative estimate of drug-likeness (QED) is 0.882. The predicted octanol–water partition coefficient (Wildman–Crippen LogP) is 2.22. The van der Waals surface area contributed by atoms with Gasteiger partial charge in [-0.15, -0.1) is 0 Å². The highest BCUT2D eigenvalue weighted by Gasteiger charge is 2.20. The summed E-state index contributed by atoms with van der Waals surface area (Å²) < 4.78 is 23.0. The average Bonchev–Trinajstić information content (AvgIpc) is 2.38. The van der Waals surface area contributed by atoms with E-state index in [2.05, 4.69) is 0 Å². The van der Waals surface area contributed by atoms with Gasteiger partial charge in [-0.25, -0.2) is 13.6 Å². The third kappa shape index (κ3) is 3.01. The molecule has 0 radical (unpaired) electrons. The molecule has 2 N–H and O–H groups in total. The maximum Gasteiger partial charge on any atom is 0.238 e. The third-order valence-corrected chi connectivity index (χ3v) is 3.72. The second kappa shape index (κ2) is 5.13. The van der Waals surface area contributed by atoms with Crippen molar-refractivity contribution in [3.05, 3.63) is 64.7 Å². The first-order valence-corrected chi connectivity index (χ1v) is 7.24. The number of hydrogen-bond donors (Lipinski definition) is 1. The zero-order valence-electron chi connectivity index (χ0n) is 9.71.